The normalized spacial score (nSPS) is 10.6. The number of rotatable bonds is 9. The molecule has 18 heavy (non-hydrogen) atoms. The molecule has 0 saturated carbocycles. The highest BCUT2D eigenvalue weighted by Crippen LogP contribution is 2.21. The molecule has 2 N–H and O–H groups in total. The van der Waals surface area contributed by atoms with E-state index >= 15 is 0 Å². The molecule has 0 radical (unpaired) electrons. The molecule has 102 valence electrons. The molecule has 0 spiro atoms. The summed E-state index contributed by atoms with van der Waals surface area (Å²) >= 11 is 5.99. The highest BCUT2D eigenvalue weighted by molar-refractivity contribution is 6.31. The minimum atomic E-state index is 0.411. The minimum Gasteiger partial charge on any atom is -0.474 e. The first-order valence-corrected chi connectivity index (χ1v) is 6.19. The largest absolute Gasteiger partial charge is 0.474 e. The lowest BCUT2D eigenvalue weighted by molar-refractivity contribution is 0.0796. The van der Waals surface area contributed by atoms with Crippen molar-refractivity contribution in [3.63, 3.8) is 0 Å². The Hall–Kier alpha value is -0.880. The lowest BCUT2D eigenvalue weighted by atomic mass is 10.3. The van der Waals surface area contributed by atoms with Gasteiger partial charge in [0.05, 0.1) is 6.61 Å². The molecule has 0 aromatic carbocycles. The molecule has 0 fully saturated rings. The van der Waals surface area contributed by atoms with E-state index in [1.54, 1.807) is 19.4 Å². The molecule has 0 aliphatic rings. The number of nitrogens with zero attached hydrogens (tertiary/aromatic N) is 1. The fraction of sp³-hybridized carbons (Fsp3) is 0.583. The van der Waals surface area contributed by atoms with Gasteiger partial charge in [-0.15, -0.1) is 0 Å². The van der Waals surface area contributed by atoms with Crippen LogP contribution in [0.3, 0.4) is 0 Å². The molecule has 0 saturated heterocycles. The van der Waals surface area contributed by atoms with Gasteiger partial charge >= 0.3 is 0 Å². The van der Waals surface area contributed by atoms with Gasteiger partial charge in [0.2, 0.25) is 5.88 Å². The fourth-order valence-corrected chi connectivity index (χ4v) is 1.53. The predicted octanol–water partition coefficient (Wildman–Crippen LogP) is 1.63. The summed E-state index contributed by atoms with van der Waals surface area (Å²) in [4.78, 5) is 4.09. The molecule has 0 unspecified atom stereocenters. The van der Waals surface area contributed by atoms with Crippen LogP contribution in [0, 0.1) is 0 Å². The molecular weight excluding hydrogens is 256 g/mol. The number of hydrogen-bond acceptors (Lipinski definition) is 5. The zero-order chi connectivity index (χ0) is 13.2. The number of methoxy groups -OCH3 is 1. The molecule has 1 rings (SSSR count). The van der Waals surface area contributed by atoms with Crippen molar-refractivity contribution >= 4 is 11.6 Å². The van der Waals surface area contributed by atoms with Gasteiger partial charge in [0, 0.05) is 33.1 Å². The number of hydrogen-bond donors (Lipinski definition) is 1. The van der Waals surface area contributed by atoms with Gasteiger partial charge in [-0.1, -0.05) is 11.6 Å². The second-order valence-electron chi connectivity index (χ2n) is 3.64. The smallest absolute Gasteiger partial charge is 0.232 e. The Labute approximate surface area is 112 Å². The summed E-state index contributed by atoms with van der Waals surface area (Å²) < 4.78 is 15.7. The van der Waals surface area contributed by atoms with Crippen molar-refractivity contribution in [3.8, 4) is 5.88 Å². The first-order valence-electron chi connectivity index (χ1n) is 5.82. The topological polar surface area (TPSA) is 66.6 Å². The van der Waals surface area contributed by atoms with Crippen molar-refractivity contribution in [1.29, 1.82) is 0 Å². The quantitative estimate of drug-likeness (QED) is 0.693. The average molecular weight is 275 g/mol. The summed E-state index contributed by atoms with van der Waals surface area (Å²) in [5, 5.41) is 0.470. The average Bonchev–Trinajstić information content (AvgIpc) is 2.39. The Bertz CT molecular complexity index is 350. The lowest BCUT2D eigenvalue weighted by Crippen LogP contribution is -2.09. The first kappa shape index (κ1) is 15.2. The van der Waals surface area contributed by atoms with Crippen LogP contribution in [0.15, 0.2) is 12.3 Å². The highest BCUT2D eigenvalue weighted by Gasteiger charge is 2.04. The molecule has 1 aromatic heterocycles. The first-order chi connectivity index (χ1) is 8.77. The van der Waals surface area contributed by atoms with Crippen molar-refractivity contribution in [1.82, 2.24) is 4.98 Å². The van der Waals surface area contributed by atoms with Crippen molar-refractivity contribution in [2.45, 2.75) is 13.0 Å². The second kappa shape index (κ2) is 9.10. The summed E-state index contributed by atoms with van der Waals surface area (Å²) in [6.45, 7) is 2.69. The molecule has 0 aliphatic carbocycles. The lowest BCUT2D eigenvalue weighted by Gasteiger charge is -2.08. The Kier molecular flexibility index (Phi) is 7.68. The third-order valence-corrected chi connectivity index (χ3v) is 2.47. The zero-order valence-electron chi connectivity index (χ0n) is 10.5. The minimum absolute atomic E-state index is 0.411. The maximum absolute atomic E-state index is 5.99. The van der Waals surface area contributed by atoms with E-state index in [1.165, 1.54) is 0 Å². The van der Waals surface area contributed by atoms with Gasteiger partial charge < -0.3 is 19.9 Å². The monoisotopic (exact) mass is 274 g/mol. The van der Waals surface area contributed by atoms with Crippen molar-refractivity contribution in [2.24, 2.45) is 5.73 Å². The van der Waals surface area contributed by atoms with Gasteiger partial charge in [0.15, 0.2) is 0 Å². The number of halogens is 1. The Balaban J connectivity index is 2.19. The van der Waals surface area contributed by atoms with Crippen LogP contribution in [-0.2, 0) is 16.0 Å². The van der Waals surface area contributed by atoms with Crippen LogP contribution in [-0.4, -0.2) is 38.5 Å². The Morgan fingerprint density at radius 3 is 2.78 bits per heavy atom. The molecule has 0 atom stereocenters. The molecule has 0 aliphatic heterocycles. The van der Waals surface area contributed by atoms with Crippen molar-refractivity contribution < 1.29 is 14.2 Å². The number of aromatic nitrogens is 1. The van der Waals surface area contributed by atoms with E-state index in [0.29, 0.717) is 43.9 Å². The van der Waals surface area contributed by atoms with E-state index in [4.69, 9.17) is 31.5 Å². The van der Waals surface area contributed by atoms with Crippen molar-refractivity contribution in [2.75, 3.05) is 33.5 Å². The second-order valence-corrected chi connectivity index (χ2v) is 4.05. The molecule has 6 heteroatoms. The third kappa shape index (κ3) is 5.64. The summed E-state index contributed by atoms with van der Waals surface area (Å²) in [7, 11) is 1.67. The molecule has 0 amide bonds. The molecule has 0 bridgehead atoms. The van der Waals surface area contributed by atoms with Gasteiger partial charge in [-0.2, -0.15) is 0 Å². The van der Waals surface area contributed by atoms with Gasteiger partial charge in [-0.3, -0.25) is 0 Å². The Morgan fingerprint density at radius 1 is 1.28 bits per heavy atom. The molecular formula is C12H19ClN2O3. The summed E-state index contributed by atoms with van der Waals surface area (Å²) in [5.74, 6) is 0.411. The van der Waals surface area contributed by atoms with Crippen LogP contribution >= 0.6 is 11.6 Å². The highest BCUT2D eigenvalue weighted by atomic mass is 35.5. The van der Waals surface area contributed by atoms with Crippen molar-refractivity contribution in [3.05, 3.63) is 22.8 Å². The van der Waals surface area contributed by atoms with E-state index < -0.39 is 0 Å². The fourth-order valence-electron chi connectivity index (χ4n) is 1.29. The number of pyridine rings is 1. The van der Waals surface area contributed by atoms with Gasteiger partial charge in [0.1, 0.15) is 11.6 Å². The maximum Gasteiger partial charge on any atom is 0.232 e. The standard InChI is InChI=1S/C12H19ClN2O3/c1-16-3-2-4-17-5-6-18-12-11(13)7-10(8-14)9-15-12/h7,9H,2-6,8,14H2,1H3. The van der Waals surface area contributed by atoms with Crippen LogP contribution < -0.4 is 10.5 Å². The predicted molar refractivity (Wildman–Crippen MR) is 69.9 cm³/mol. The van der Waals surface area contributed by atoms with E-state index in [-0.39, 0.29) is 0 Å². The van der Waals surface area contributed by atoms with Crippen LogP contribution in [0.4, 0.5) is 0 Å². The van der Waals surface area contributed by atoms with E-state index in [9.17, 15) is 0 Å². The van der Waals surface area contributed by atoms with Crippen LogP contribution in [0.25, 0.3) is 0 Å². The Morgan fingerprint density at radius 2 is 2.11 bits per heavy atom. The molecule has 5 nitrogen and oxygen atoms in total. The maximum atomic E-state index is 5.99. The SMILES string of the molecule is COCCCOCCOc1ncc(CN)cc1Cl. The van der Waals surface area contributed by atoms with E-state index in [1.807, 2.05) is 0 Å². The molecule has 1 aromatic rings. The van der Waals surface area contributed by atoms with Crippen LogP contribution in [0.2, 0.25) is 5.02 Å². The van der Waals surface area contributed by atoms with Gasteiger partial charge in [0.25, 0.3) is 0 Å². The number of nitrogens with two attached hydrogens (primary N) is 1. The summed E-state index contributed by atoms with van der Waals surface area (Å²) in [5.41, 5.74) is 6.36. The molecule has 1 heterocycles. The zero-order valence-corrected chi connectivity index (χ0v) is 11.3. The van der Waals surface area contributed by atoms with E-state index in [0.717, 1.165) is 12.0 Å². The third-order valence-electron chi connectivity index (χ3n) is 2.20. The number of ether oxygens (including phenoxy) is 3. The van der Waals surface area contributed by atoms with Crippen LogP contribution in [0.5, 0.6) is 5.88 Å². The van der Waals surface area contributed by atoms with E-state index in [2.05, 4.69) is 4.98 Å². The van der Waals surface area contributed by atoms with Gasteiger partial charge in [-0.05, 0) is 18.1 Å². The summed E-state index contributed by atoms with van der Waals surface area (Å²) in [6.07, 6.45) is 2.53. The van der Waals surface area contributed by atoms with Crippen LogP contribution in [0.1, 0.15) is 12.0 Å². The van der Waals surface area contributed by atoms with Gasteiger partial charge in [-0.25, -0.2) is 4.98 Å². The summed E-state index contributed by atoms with van der Waals surface area (Å²) in [6, 6.07) is 1.75.